The van der Waals surface area contributed by atoms with Crippen LogP contribution in [0.25, 0.3) is 0 Å². The number of hydrogen-bond donors (Lipinski definition) is 3. The molecule has 3 N–H and O–H groups in total. The second kappa shape index (κ2) is 67.3. The summed E-state index contributed by atoms with van der Waals surface area (Å²) >= 11 is 0. The molecule has 0 bridgehead atoms. The van der Waals surface area contributed by atoms with E-state index in [4.69, 9.17) is 37.0 Å². The fourth-order valence-electron chi connectivity index (χ4n) is 11.4. The highest BCUT2D eigenvalue weighted by Crippen LogP contribution is 2.45. The molecule has 0 aromatic rings. The second-order valence-corrected chi connectivity index (χ2v) is 30.1. The summed E-state index contributed by atoms with van der Waals surface area (Å²) in [4.78, 5) is 72.5. The van der Waals surface area contributed by atoms with E-state index in [-0.39, 0.29) is 25.7 Å². The topological polar surface area (TPSA) is 237 Å². The van der Waals surface area contributed by atoms with Crippen molar-refractivity contribution in [2.45, 2.75) is 406 Å². The smallest absolute Gasteiger partial charge is 0.462 e. The summed E-state index contributed by atoms with van der Waals surface area (Å²) in [5.74, 6) is -1.34. The van der Waals surface area contributed by atoms with Crippen LogP contribution >= 0.6 is 15.6 Å². The van der Waals surface area contributed by atoms with Gasteiger partial charge in [0.05, 0.1) is 26.4 Å². The van der Waals surface area contributed by atoms with Gasteiger partial charge in [0.1, 0.15) is 19.3 Å². The van der Waals surface area contributed by atoms with Crippen molar-refractivity contribution >= 4 is 39.5 Å². The molecule has 0 aromatic heterocycles. The van der Waals surface area contributed by atoms with Gasteiger partial charge in [-0.25, -0.2) is 9.13 Å². The molecule has 0 fully saturated rings. The number of phosphoric ester groups is 2. The van der Waals surface area contributed by atoms with Gasteiger partial charge in [0.2, 0.25) is 0 Å². The fourth-order valence-corrected chi connectivity index (χ4v) is 12.9. The molecule has 19 heteroatoms. The molecule has 0 radical (unpaired) electrons. The van der Waals surface area contributed by atoms with E-state index in [1.165, 1.54) is 205 Å². The molecule has 0 amide bonds. The first-order chi connectivity index (χ1) is 45.0. The van der Waals surface area contributed by atoms with E-state index in [2.05, 4.69) is 34.6 Å². The SMILES string of the molecule is CCCCCCCCCCCCCCCCCCC(=O)OC[C@H](COP(=O)(O)OC[C@@H](O)COP(=O)(O)OC[C@@H](COC(=O)CCCCCCC)OC(=O)CCCCCCCCCCCCCCCCCC)OC(=O)CCCCCCCCCCCCCCCC(C)C. The van der Waals surface area contributed by atoms with Gasteiger partial charge in [-0.1, -0.05) is 336 Å². The van der Waals surface area contributed by atoms with Gasteiger partial charge in [-0.15, -0.1) is 0 Å². The number of hydrogen-bond acceptors (Lipinski definition) is 15. The first-order valence-corrected chi connectivity index (χ1v) is 41.6. The van der Waals surface area contributed by atoms with Crippen LogP contribution in [0.4, 0.5) is 0 Å². The number of carbonyl (C=O) groups excluding carboxylic acids is 4. The van der Waals surface area contributed by atoms with Crippen LogP contribution in [-0.2, 0) is 65.4 Å². The standard InChI is InChI=1S/C74H144O17P2/c1-6-9-12-15-17-19-21-23-25-27-31-35-39-43-48-53-58-72(77)85-64-70(91-74(79)60-55-50-45-41-37-33-29-30-34-38-42-47-51-56-67(4)5)66-89-93(82,83)87-62-68(75)61-86-92(80,81)88-65-69(63-84-71(76)57-52-46-14-11-8-3)90-73(78)59-54-49-44-40-36-32-28-26-24-22-20-18-16-13-10-7-2/h67-70,75H,6-66H2,1-5H3,(H,80,81)(H,82,83)/t68-,69+,70+/m0/s1. The van der Waals surface area contributed by atoms with Crippen LogP contribution in [0.15, 0.2) is 0 Å². The van der Waals surface area contributed by atoms with E-state index in [0.717, 1.165) is 102 Å². The zero-order valence-electron chi connectivity index (χ0n) is 60.4. The van der Waals surface area contributed by atoms with Crippen LogP contribution in [0, 0.1) is 5.92 Å². The molecule has 552 valence electrons. The lowest BCUT2D eigenvalue weighted by atomic mass is 10.0. The average molecular weight is 1370 g/mol. The van der Waals surface area contributed by atoms with Gasteiger partial charge >= 0.3 is 39.5 Å². The Morgan fingerprint density at radius 1 is 0.290 bits per heavy atom. The highest BCUT2D eigenvalue weighted by Gasteiger charge is 2.30. The maximum absolute atomic E-state index is 13.0. The highest BCUT2D eigenvalue weighted by atomic mass is 31.2. The number of carbonyl (C=O) groups is 4. The molecule has 93 heavy (non-hydrogen) atoms. The van der Waals surface area contributed by atoms with Gasteiger partial charge in [-0.05, 0) is 31.6 Å². The van der Waals surface area contributed by atoms with E-state index in [9.17, 15) is 43.2 Å². The molecule has 0 heterocycles. The number of ether oxygens (including phenoxy) is 4. The number of aliphatic hydroxyl groups excluding tert-OH is 1. The molecule has 17 nitrogen and oxygen atoms in total. The summed E-state index contributed by atoms with van der Waals surface area (Å²) in [7, 11) is -9.90. The summed E-state index contributed by atoms with van der Waals surface area (Å²) in [6.07, 6.45) is 55.8. The molecule has 0 saturated heterocycles. The number of unbranched alkanes of at least 4 members (excludes halogenated alkanes) is 46. The van der Waals surface area contributed by atoms with E-state index < -0.39 is 97.5 Å². The average Bonchev–Trinajstić information content (AvgIpc) is 1.80. The first-order valence-electron chi connectivity index (χ1n) is 38.6. The molecular weight excluding hydrogens is 1220 g/mol. The van der Waals surface area contributed by atoms with Crippen molar-refractivity contribution in [3.8, 4) is 0 Å². The predicted molar refractivity (Wildman–Crippen MR) is 377 cm³/mol. The van der Waals surface area contributed by atoms with Gasteiger partial charge in [0.15, 0.2) is 12.2 Å². The summed E-state index contributed by atoms with van der Waals surface area (Å²) in [5, 5.41) is 10.6. The molecule has 0 aliphatic carbocycles. The van der Waals surface area contributed by atoms with Gasteiger partial charge in [-0.3, -0.25) is 37.3 Å². The van der Waals surface area contributed by atoms with Crippen molar-refractivity contribution in [1.82, 2.24) is 0 Å². The van der Waals surface area contributed by atoms with Crippen molar-refractivity contribution in [3.05, 3.63) is 0 Å². The van der Waals surface area contributed by atoms with Crippen LogP contribution in [0.1, 0.15) is 388 Å². The zero-order valence-corrected chi connectivity index (χ0v) is 62.2. The van der Waals surface area contributed by atoms with Crippen molar-refractivity contribution in [3.63, 3.8) is 0 Å². The molecule has 0 saturated carbocycles. The van der Waals surface area contributed by atoms with Gasteiger partial charge < -0.3 is 33.8 Å². The summed E-state index contributed by atoms with van der Waals surface area (Å²) in [6.45, 7) is 7.22. The summed E-state index contributed by atoms with van der Waals surface area (Å²) < 4.78 is 68.3. The predicted octanol–water partition coefficient (Wildman–Crippen LogP) is 21.7. The lowest BCUT2D eigenvalue weighted by Crippen LogP contribution is -2.30. The molecule has 0 aliphatic rings. The van der Waals surface area contributed by atoms with Crippen LogP contribution in [0.2, 0.25) is 0 Å². The minimum absolute atomic E-state index is 0.108. The summed E-state index contributed by atoms with van der Waals surface area (Å²) in [5.41, 5.74) is 0. The van der Waals surface area contributed by atoms with Gasteiger partial charge in [0, 0.05) is 25.7 Å². The molecular formula is C74H144O17P2. The Morgan fingerprint density at radius 2 is 0.495 bits per heavy atom. The van der Waals surface area contributed by atoms with E-state index >= 15 is 0 Å². The van der Waals surface area contributed by atoms with Gasteiger partial charge in [-0.2, -0.15) is 0 Å². The monoisotopic (exact) mass is 1370 g/mol. The maximum atomic E-state index is 13.0. The third-order valence-corrected chi connectivity index (χ3v) is 19.2. The van der Waals surface area contributed by atoms with Crippen LogP contribution < -0.4 is 0 Å². The second-order valence-electron chi connectivity index (χ2n) is 27.2. The molecule has 0 spiro atoms. The number of phosphoric acid groups is 2. The lowest BCUT2D eigenvalue weighted by Gasteiger charge is -2.21. The Bertz CT molecular complexity index is 1790. The number of aliphatic hydroxyl groups is 1. The van der Waals surface area contributed by atoms with E-state index in [1.54, 1.807) is 0 Å². The van der Waals surface area contributed by atoms with Crippen molar-refractivity contribution in [1.29, 1.82) is 0 Å². The normalized spacial score (nSPS) is 14.0. The molecule has 0 aliphatic heterocycles. The van der Waals surface area contributed by atoms with Gasteiger partial charge in [0.25, 0.3) is 0 Å². The quantitative estimate of drug-likeness (QED) is 0.0222. The number of rotatable bonds is 74. The maximum Gasteiger partial charge on any atom is 0.472 e. The lowest BCUT2D eigenvalue weighted by molar-refractivity contribution is -0.161. The van der Waals surface area contributed by atoms with Crippen molar-refractivity contribution in [2.24, 2.45) is 5.92 Å². The summed E-state index contributed by atoms with van der Waals surface area (Å²) in [6, 6.07) is 0. The van der Waals surface area contributed by atoms with Crippen molar-refractivity contribution in [2.75, 3.05) is 39.6 Å². The molecule has 0 rings (SSSR count). The van der Waals surface area contributed by atoms with E-state index in [1.807, 2.05) is 0 Å². The third-order valence-electron chi connectivity index (χ3n) is 17.3. The molecule has 5 atom stereocenters. The third kappa shape index (κ3) is 68.4. The Balaban J connectivity index is 5.14. The number of esters is 4. The van der Waals surface area contributed by atoms with Crippen LogP contribution in [0.5, 0.6) is 0 Å². The van der Waals surface area contributed by atoms with Crippen LogP contribution in [0.3, 0.4) is 0 Å². The Labute approximate surface area is 568 Å². The largest absolute Gasteiger partial charge is 0.472 e. The Kier molecular flexibility index (Phi) is 65.9. The minimum atomic E-state index is -4.95. The highest BCUT2D eigenvalue weighted by molar-refractivity contribution is 7.47. The van der Waals surface area contributed by atoms with Crippen molar-refractivity contribution < 1.29 is 80.2 Å². The Morgan fingerprint density at radius 3 is 0.731 bits per heavy atom. The van der Waals surface area contributed by atoms with E-state index in [0.29, 0.717) is 25.7 Å². The van der Waals surface area contributed by atoms with Crippen LogP contribution in [-0.4, -0.2) is 96.7 Å². The first kappa shape index (κ1) is 91.1. The zero-order chi connectivity index (χ0) is 68.4. The Hall–Kier alpha value is -1.94. The molecule has 2 unspecified atom stereocenters. The molecule has 0 aromatic carbocycles. The fraction of sp³-hybridized carbons (Fsp3) is 0.946. The minimum Gasteiger partial charge on any atom is -0.462 e.